The highest BCUT2D eigenvalue weighted by molar-refractivity contribution is 5.79. The summed E-state index contributed by atoms with van der Waals surface area (Å²) in [5.41, 5.74) is -0.119. The van der Waals surface area contributed by atoms with Gasteiger partial charge >= 0.3 is 0 Å². The highest BCUT2D eigenvalue weighted by atomic mass is 16.5. The van der Waals surface area contributed by atoms with Crippen LogP contribution >= 0.6 is 0 Å². The minimum absolute atomic E-state index is 0.119. The second kappa shape index (κ2) is 8.53. The van der Waals surface area contributed by atoms with E-state index in [0.29, 0.717) is 12.5 Å². The summed E-state index contributed by atoms with van der Waals surface area (Å²) in [7, 11) is 0. The Morgan fingerprint density at radius 1 is 1.38 bits per heavy atom. The molecule has 2 aliphatic rings. The smallest absolute Gasteiger partial charge is 0.191 e. The van der Waals surface area contributed by atoms with Crippen molar-refractivity contribution in [3.05, 3.63) is 24.2 Å². The van der Waals surface area contributed by atoms with Gasteiger partial charge in [0.15, 0.2) is 5.96 Å². The molecule has 0 aromatic carbocycles. The fourth-order valence-corrected chi connectivity index (χ4v) is 3.13. The average molecular weight is 335 g/mol. The van der Waals surface area contributed by atoms with Gasteiger partial charge in [0.25, 0.3) is 0 Å². The average Bonchev–Trinajstić information content (AvgIpc) is 3.32. The minimum Gasteiger partial charge on any atom is -0.469 e. The lowest BCUT2D eigenvalue weighted by atomic mass is 10.0. The van der Waals surface area contributed by atoms with E-state index in [4.69, 9.17) is 18.9 Å². The van der Waals surface area contributed by atoms with Crippen molar-refractivity contribution in [2.24, 2.45) is 10.9 Å². The normalized spacial score (nSPS) is 27.5. The number of hydrogen-bond donors (Lipinski definition) is 2. The van der Waals surface area contributed by atoms with Crippen molar-refractivity contribution in [3.63, 3.8) is 0 Å². The summed E-state index contributed by atoms with van der Waals surface area (Å²) in [6.07, 6.45) is 5.87. The zero-order chi connectivity index (χ0) is 16.7. The minimum atomic E-state index is -0.119. The number of guanidine groups is 1. The van der Waals surface area contributed by atoms with Crippen LogP contribution in [0.4, 0.5) is 0 Å². The van der Waals surface area contributed by atoms with E-state index in [0.717, 1.165) is 70.3 Å². The number of hydrogen-bond acceptors (Lipinski definition) is 4. The van der Waals surface area contributed by atoms with Gasteiger partial charge in [-0.05, 0) is 38.3 Å². The first-order chi connectivity index (χ1) is 11.7. The largest absolute Gasteiger partial charge is 0.469 e. The monoisotopic (exact) mass is 335 g/mol. The third-order valence-corrected chi connectivity index (χ3v) is 4.70. The number of ether oxygens (including phenoxy) is 2. The van der Waals surface area contributed by atoms with Gasteiger partial charge in [-0.3, -0.25) is 4.99 Å². The molecule has 2 aliphatic heterocycles. The van der Waals surface area contributed by atoms with Gasteiger partial charge in [0.2, 0.25) is 0 Å². The van der Waals surface area contributed by atoms with E-state index in [2.05, 4.69) is 17.6 Å². The summed E-state index contributed by atoms with van der Waals surface area (Å²) < 4.78 is 16.7. The van der Waals surface area contributed by atoms with E-state index in [1.807, 2.05) is 12.1 Å². The number of rotatable bonds is 7. The molecule has 0 bridgehead atoms. The first-order valence-electron chi connectivity index (χ1n) is 9.00. The molecule has 2 unspecified atom stereocenters. The van der Waals surface area contributed by atoms with Crippen molar-refractivity contribution in [3.8, 4) is 0 Å². The van der Waals surface area contributed by atoms with E-state index in [9.17, 15) is 0 Å². The highest BCUT2D eigenvalue weighted by Gasteiger charge is 2.29. The van der Waals surface area contributed by atoms with Crippen LogP contribution in [0.2, 0.25) is 0 Å². The van der Waals surface area contributed by atoms with E-state index < -0.39 is 0 Å². The molecule has 0 saturated carbocycles. The molecule has 3 heterocycles. The van der Waals surface area contributed by atoms with E-state index in [1.54, 1.807) is 6.26 Å². The number of nitrogens with zero attached hydrogens (tertiary/aromatic N) is 1. The molecule has 0 amide bonds. The van der Waals surface area contributed by atoms with Crippen LogP contribution in [-0.4, -0.2) is 51.0 Å². The Morgan fingerprint density at radius 3 is 3.04 bits per heavy atom. The van der Waals surface area contributed by atoms with E-state index >= 15 is 0 Å². The summed E-state index contributed by atoms with van der Waals surface area (Å²) in [6, 6.07) is 3.91. The van der Waals surface area contributed by atoms with Crippen LogP contribution in [0.3, 0.4) is 0 Å². The summed E-state index contributed by atoms with van der Waals surface area (Å²) >= 11 is 0. The zero-order valence-electron chi connectivity index (χ0n) is 14.6. The molecule has 2 saturated heterocycles. The van der Waals surface area contributed by atoms with Crippen LogP contribution in [0, 0.1) is 5.92 Å². The topological polar surface area (TPSA) is 68.0 Å². The van der Waals surface area contributed by atoms with Gasteiger partial charge in [-0.2, -0.15) is 0 Å². The van der Waals surface area contributed by atoms with Crippen LogP contribution in [0.15, 0.2) is 27.8 Å². The standard InChI is InChI=1S/C18H29N3O3/c1-18(7-3-10-24-18)14-21-17(20-12-15-6-11-22-13-15)19-8-5-16-4-2-9-23-16/h2,4,9,15H,3,5-8,10-14H2,1H3,(H2,19,20,21). The van der Waals surface area contributed by atoms with Crippen molar-refractivity contribution < 1.29 is 13.9 Å². The Labute approximate surface area is 144 Å². The van der Waals surface area contributed by atoms with Crippen LogP contribution < -0.4 is 10.6 Å². The van der Waals surface area contributed by atoms with E-state index in [-0.39, 0.29) is 5.60 Å². The molecule has 6 heteroatoms. The van der Waals surface area contributed by atoms with Gasteiger partial charge in [0.05, 0.1) is 25.0 Å². The van der Waals surface area contributed by atoms with Crippen molar-refractivity contribution in [1.29, 1.82) is 0 Å². The molecule has 2 N–H and O–H groups in total. The quantitative estimate of drug-likeness (QED) is 0.589. The van der Waals surface area contributed by atoms with Gasteiger partial charge in [0, 0.05) is 38.6 Å². The molecule has 24 heavy (non-hydrogen) atoms. The molecule has 2 fully saturated rings. The number of nitrogens with one attached hydrogen (secondary N) is 2. The second-order valence-corrected chi connectivity index (χ2v) is 6.93. The molecule has 6 nitrogen and oxygen atoms in total. The van der Waals surface area contributed by atoms with Gasteiger partial charge in [-0.15, -0.1) is 0 Å². The second-order valence-electron chi connectivity index (χ2n) is 6.93. The Hall–Kier alpha value is -1.53. The molecule has 0 aliphatic carbocycles. The fourth-order valence-electron chi connectivity index (χ4n) is 3.13. The first kappa shape index (κ1) is 17.3. The lowest BCUT2D eigenvalue weighted by molar-refractivity contribution is 0.0283. The summed E-state index contributed by atoms with van der Waals surface area (Å²) in [4.78, 5) is 4.76. The lowest BCUT2D eigenvalue weighted by Crippen LogP contribution is -2.42. The molecule has 2 atom stereocenters. The highest BCUT2D eigenvalue weighted by Crippen LogP contribution is 2.25. The molecule has 1 aromatic rings. The van der Waals surface area contributed by atoms with Crippen molar-refractivity contribution in [1.82, 2.24) is 10.6 Å². The van der Waals surface area contributed by atoms with Crippen molar-refractivity contribution in [2.45, 2.75) is 38.2 Å². The number of furan rings is 1. The fraction of sp³-hybridized carbons (Fsp3) is 0.722. The Kier molecular flexibility index (Phi) is 6.15. The summed E-state index contributed by atoms with van der Waals surface area (Å²) in [6.45, 7) is 7.07. The predicted molar refractivity (Wildman–Crippen MR) is 93.2 cm³/mol. The predicted octanol–water partition coefficient (Wildman–Crippen LogP) is 1.96. The SMILES string of the molecule is CC1(CN=C(NCCc2ccco2)NCC2CCOC2)CCCO1. The van der Waals surface area contributed by atoms with Gasteiger partial charge in [0.1, 0.15) is 5.76 Å². The number of aliphatic imine (C=N–C) groups is 1. The summed E-state index contributed by atoms with van der Waals surface area (Å²) in [5.74, 6) is 2.41. The maximum absolute atomic E-state index is 5.83. The van der Waals surface area contributed by atoms with Crippen molar-refractivity contribution in [2.75, 3.05) is 39.5 Å². The Morgan fingerprint density at radius 2 is 2.33 bits per heavy atom. The maximum atomic E-state index is 5.83. The summed E-state index contributed by atoms with van der Waals surface area (Å²) in [5, 5.41) is 6.86. The molecule has 134 valence electrons. The Bertz CT molecular complexity index is 504. The molecule has 3 rings (SSSR count). The van der Waals surface area contributed by atoms with Crippen LogP contribution in [0.25, 0.3) is 0 Å². The third kappa shape index (κ3) is 5.24. The molecule has 1 aromatic heterocycles. The lowest BCUT2D eigenvalue weighted by Gasteiger charge is -2.22. The van der Waals surface area contributed by atoms with E-state index in [1.165, 1.54) is 0 Å². The van der Waals surface area contributed by atoms with Crippen LogP contribution in [0.1, 0.15) is 31.9 Å². The van der Waals surface area contributed by atoms with Gasteiger partial charge in [-0.1, -0.05) is 0 Å². The van der Waals surface area contributed by atoms with Gasteiger partial charge < -0.3 is 24.5 Å². The van der Waals surface area contributed by atoms with Crippen LogP contribution in [-0.2, 0) is 15.9 Å². The maximum Gasteiger partial charge on any atom is 0.191 e. The molecule has 0 radical (unpaired) electrons. The third-order valence-electron chi connectivity index (χ3n) is 4.70. The first-order valence-corrected chi connectivity index (χ1v) is 9.00. The molecular formula is C18H29N3O3. The zero-order valence-corrected chi connectivity index (χ0v) is 14.6. The Balaban J connectivity index is 1.50. The van der Waals surface area contributed by atoms with Crippen LogP contribution in [0.5, 0.6) is 0 Å². The van der Waals surface area contributed by atoms with Crippen molar-refractivity contribution >= 4 is 5.96 Å². The van der Waals surface area contributed by atoms with Gasteiger partial charge in [-0.25, -0.2) is 0 Å². The molecule has 0 spiro atoms. The molecular weight excluding hydrogens is 306 g/mol.